The summed E-state index contributed by atoms with van der Waals surface area (Å²) < 4.78 is 10.3. The summed E-state index contributed by atoms with van der Waals surface area (Å²) in [6.07, 6.45) is 0.361. The van der Waals surface area contributed by atoms with Gasteiger partial charge in [-0.15, -0.1) is 0 Å². The summed E-state index contributed by atoms with van der Waals surface area (Å²) in [5.41, 5.74) is 3.30. The highest BCUT2D eigenvalue weighted by atomic mass is 16.6. The molecule has 2 unspecified atom stereocenters. The van der Waals surface area contributed by atoms with Gasteiger partial charge >= 0.3 is 0 Å². The Morgan fingerprint density at radius 1 is 0.645 bits per heavy atom. The highest BCUT2D eigenvalue weighted by molar-refractivity contribution is 6.22. The van der Waals surface area contributed by atoms with Crippen molar-refractivity contribution in [1.29, 1.82) is 0 Å². The molecule has 0 aliphatic carbocycles. The number of hydrogen-bond donors (Lipinski definition) is 0. The van der Waals surface area contributed by atoms with Crippen LogP contribution in [0.3, 0.4) is 0 Å². The van der Waals surface area contributed by atoms with E-state index in [4.69, 9.17) is 9.47 Å². The van der Waals surface area contributed by atoms with Crippen LogP contribution in [0.2, 0.25) is 0 Å². The molecule has 4 aliphatic heterocycles. The van der Waals surface area contributed by atoms with Gasteiger partial charge in [-0.05, 0) is 41.8 Å². The van der Waals surface area contributed by atoms with E-state index >= 15 is 0 Å². The van der Waals surface area contributed by atoms with Gasteiger partial charge in [0.1, 0.15) is 0 Å². The molecule has 4 heterocycles. The highest BCUT2D eigenvalue weighted by Gasteiger charge is 2.40. The number of carbonyl (C=O) groups is 4. The average Bonchev–Trinajstić information content (AvgIpc) is 3.69. The second-order valence-corrected chi connectivity index (χ2v) is 8.29. The Morgan fingerprint density at radius 3 is 1.42 bits per heavy atom. The molecular weight excluding hydrogens is 400 g/mol. The Labute approximate surface area is 177 Å². The normalized spacial score (nSPS) is 23.5. The number of carbonyl (C=O) groups excluding carboxylic acids is 4. The zero-order chi connectivity index (χ0) is 21.3. The number of amides is 4. The number of fused-ring (bicyclic) bond motifs is 2. The van der Waals surface area contributed by atoms with Crippen molar-refractivity contribution in [2.75, 3.05) is 26.3 Å². The molecule has 2 aromatic rings. The molecule has 0 bridgehead atoms. The van der Waals surface area contributed by atoms with Crippen molar-refractivity contribution < 1.29 is 28.7 Å². The van der Waals surface area contributed by atoms with Gasteiger partial charge < -0.3 is 9.47 Å². The number of hydrogen-bond acceptors (Lipinski definition) is 6. The van der Waals surface area contributed by atoms with E-state index in [1.165, 1.54) is 9.80 Å². The smallest absolute Gasteiger partial charge is 0.261 e. The lowest BCUT2D eigenvalue weighted by Gasteiger charge is -2.11. The second-order valence-electron chi connectivity index (χ2n) is 8.29. The molecule has 8 heteroatoms. The predicted octanol–water partition coefficient (Wildman–Crippen LogP) is 1.27. The van der Waals surface area contributed by atoms with Crippen LogP contribution in [0, 0.1) is 0 Å². The first-order valence-corrected chi connectivity index (χ1v) is 10.2. The third-order valence-electron chi connectivity index (χ3n) is 6.06. The summed E-state index contributed by atoms with van der Waals surface area (Å²) in [5.74, 6) is -1.18. The summed E-state index contributed by atoms with van der Waals surface area (Å²) in [7, 11) is 0. The van der Waals surface area contributed by atoms with Crippen molar-refractivity contribution in [3.63, 3.8) is 0 Å². The fourth-order valence-corrected chi connectivity index (χ4v) is 4.22. The molecule has 6 rings (SSSR count). The van der Waals surface area contributed by atoms with E-state index < -0.39 is 0 Å². The number of epoxide rings is 2. The molecule has 2 saturated heterocycles. The molecular formula is C23H18N2O6. The molecule has 4 amide bonds. The standard InChI is InChI=1S/C23H18N2O6/c26-20-16-3-1-12(6-18(16)22(28)24(20)8-14-10-30-14)5-13-2-4-17-19(7-13)23(29)25(21(17)27)9-15-11-31-15/h1-4,6-7,14-15H,5,8-11H2. The first-order valence-electron chi connectivity index (χ1n) is 10.2. The fourth-order valence-electron chi connectivity index (χ4n) is 4.22. The van der Waals surface area contributed by atoms with Gasteiger partial charge in [0.2, 0.25) is 0 Å². The third kappa shape index (κ3) is 3.07. The minimum absolute atomic E-state index is 0.0561. The molecule has 156 valence electrons. The largest absolute Gasteiger partial charge is 0.371 e. The lowest BCUT2D eigenvalue weighted by atomic mass is 9.98. The molecule has 0 N–H and O–H groups in total. The average molecular weight is 418 g/mol. The lowest BCUT2D eigenvalue weighted by molar-refractivity contribution is 0.0628. The van der Waals surface area contributed by atoms with Crippen LogP contribution in [0.15, 0.2) is 36.4 Å². The van der Waals surface area contributed by atoms with Crippen LogP contribution in [-0.2, 0) is 15.9 Å². The van der Waals surface area contributed by atoms with Crippen LogP contribution in [0.1, 0.15) is 52.6 Å². The molecule has 2 atom stereocenters. The first kappa shape index (κ1) is 18.4. The molecule has 2 fully saturated rings. The third-order valence-corrected chi connectivity index (χ3v) is 6.06. The number of rotatable bonds is 6. The van der Waals surface area contributed by atoms with Crippen LogP contribution in [0.25, 0.3) is 0 Å². The van der Waals surface area contributed by atoms with Gasteiger partial charge in [0.25, 0.3) is 23.6 Å². The molecule has 0 radical (unpaired) electrons. The van der Waals surface area contributed by atoms with E-state index in [1.807, 2.05) is 12.1 Å². The van der Waals surface area contributed by atoms with Crippen LogP contribution in [0.4, 0.5) is 0 Å². The van der Waals surface area contributed by atoms with E-state index in [0.29, 0.717) is 41.9 Å². The predicted molar refractivity (Wildman–Crippen MR) is 106 cm³/mol. The fraction of sp³-hybridized carbons (Fsp3) is 0.304. The Bertz CT molecular complexity index is 1090. The van der Waals surface area contributed by atoms with Gasteiger partial charge in [0.15, 0.2) is 0 Å². The summed E-state index contributed by atoms with van der Waals surface area (Å²) >= 11 is 0. The molecule has 2 aromatic carbocycles. The Kier molecular flexibility index (Phi) is 3.90. The van der Waals surface area contributed by atoms with E-state index in [-0.39, 0.29) is 48.9 Å². The van der Waals surface area contributed by atoms with Gasteiger partial charge in [-0.25, -0.2) is 0 Å². The quantitative estimate of drug-likeness (QED) is 0.517. The maximum Gasteiger partial charge on any atom is 0.261 e. The molecule has 0 saturated carbocycles. The second kappa shape index (κ2) is 6.57. The van der Waals surface area contributed by atoms with Crippen molar-refractivity contribution in [3.8, 4) is 0 Å². The van der Waals surface area contributed by atoms with Crippen molar-refractivity contribution in [3.05, 3.63) is 69.8 Å². The molecule has 4 aliphatic rings. The van der Waals surface area contributed by atoms with Crippen molar-refractivity contribution in [2.24, 2.45) is 0 Å². The van der Waals surface area contributed by atoms with E-state index in [9.17, 15) is 19.2 Å². The van der Waals surface area contributed by atoms with Gasteiger partial charge in [-0.1, -0.05) is 12.1 Å². The van der Waals surface area contributed by atoms with E-state index in [1.54, 1.807) is 24.3 Å². The van der Waals surface area contributed by atoms with Gasteiger partial charge in [-0.2, -0.15) is 0 Å². The summed E-state index contributed by atoms with van der Waals surface area (Å²) in [6, 6.07) is 10.5. The summed E-state index contributed by atoms with van der Waals surface area (Å²) in [4.78, 5) is 52.9. The van der Waals surface area contributed by atoms with Crippen LogP contribution in [0.5, 0.6) is 0 Å². The van der Waals surface area contributed by atoms with Crippen LogP contribution >= 0.6 is 0 Å². The Balaban J connectivity index is 1.24. The van der Waals surface area contributed by atoms with E-state index in [2.05, 4.69) is 0 Å². The first-order chi connectivity index (χ1) is 15.0. The summed E-state index contributed by atoms with van der Waals surface area (Å²) in [6.45, 7) is 1.71. The zero-order valence-electron chi connectivity index (χ0n) is 16.5. The molecule has 8 nitrogen and oxygen atoms in total. The monoisotopic (exact) mass is 418 g/mol. The number of ether oxygens (including phenoxy) is 2. The van der Waals surface area contributed by atoms with Crippen molar-refractivity contribution in [1.82, 2.24) is 9.80 Å². The van der Waals surface area contributed by atoms with Crippen molar-refractivity contribution >= 4 is 23.6 Å². The van der Waals surface area contributed by atoms with Crippen LogP contribution in [-0.4, -0.2) is 71.9 Å². The topological polar surface area (TPSA) is 99.8 Å². The van der Waals surface area contributed by atoms with Crippen molar-refractivity contribution in [2.45, 2.75) is 18.6 Å². The molecule has 0 spiro atoms. The summed E-state index contributed by atoms with van der Waals surface area (Å²) in [5, 5.41) is 0. The minimum atomic E-state index is -0.301. The zero-order valence-corrected chi connectivity index (χ0v) is 16.5. The Morgan fingerprint density at radius 2 is 1.03 bits per heavy atom. The maximum absolute atomic E-state index is 12.7. The lowest BCUT2D eigenvalue weighted by Crippen LogP contribution is -2.33. The maximum atomic E-state index is 12.7. The minimum Gasteiger partial charge on any atom is -0.371 e. The van der Waals surface area contributed by atoms with Gasteiger partial charge in [0.05, 0.1) is 60.8 Å². The number of imide groups is 2. The number of nitrogens with zero attached hydrogens (tertiary/aromatic N) is 2. The van der Waals surface area contributed by atoms with Gasteiger partial charge in [0, 0.05) is 0 Å². The van der Waals surface area contributed by atoms with Crippen LogP contribution < -0.4 is 0 Å². The highest BCUT2D eigenvalue weighted by Crippen LogP contribution is 2.29. The number of benzene rings is 2. The SMILES string of the molecule is O=C1c2ccc(Cc3ccc4c(c3)C(=O)N(CC3CO3)C4=O)cc2C(=O)N1CC1CO1. The Hall–Kier alpha value is -3.36. The van der Waals surface area contributed by atoms with E-state index in [0.717, 1.165) is 11.1 Å². The van der Waals surface area contributed by atoms with Gasteiger partial charge in [-0.3, -0.25) is 29.0 Å². The molecule has 0 aromatic heterocycles. The molecule has 31 heavy (non-hydrogen) atoms.